The Hall–Kier alpha value is -2.58. The van der Waals surface area contributed by atoms with Gasteiger partial charge in [0.15, 0.2) is 0 Å². The molecule has 6 nitrogen and oxygen atoms in total. The molecule has 28 heavy (non-hydrogen) atoms. The Bertz CT molecular complexity index is 788. The number of nitrogens with one attached hydrogen (secondary N) is 1. The molecule has 0 spiro atoms. The van der Waals surface area contributed by atoms with Crippen molar-refractivity contribution in [1.29, 1.82) is 0 Å². The van der Waals surface area contributed by atoms with Crippen LogP contribution >= 0.6 is 0 Å². The molecular formula is C19H21F3N2O4. The zero-order chi connectivity index (χ0) is 20.5. The summed E-state index contributed by atoms with van der Waals surface area (Å²) < 4.78 is 42.3. The number of ether oxygens (including phenoxy) is 1. The van der Waals surface area contributed by atoms with Gasteiger partial charge in [0.2, 0.25) is 5.91 Å². The largest absolute Gasteiger partial charge is 0.465 e. The smallest absolute Gasteiger partial charge is 0.389 e. The Labute approximate surface area is 160 Å². The lowest BCUT2D eigenvalue weighted by Crippen LogP contribution is -2.70. The van der Waals surface area contributed by atoms with Gasteiger partial charge in [-0.3, -0.25) is 14.4 Å². The number of benzene rings is 1. The predicted octanol–water partition coefficient (Wildman–Crippen LogP) is 2.08. The topological polar surface area (TPSA) is 75.7 Å². The first-order valence-electron chi connectivity index (χ1n) is 8.98. The second-order valence-electron chi connectivity index (χ2n) is 7.57. The van der Waals surface area contributed by atoms with Gasteiger partial charge in [-0.2, -0.15) is 13.2 Å². The maximum atomic E-state index is 12.7. The molecule has 0 saturated carbocycles. The molecule has 3 rings (SSSR count). The third-order valence-corrected chi connectivity index (χ3v) is 4.95. The second-order valence-corrected chi connectivity index (χ2v) is 7.57. The first-order chi connectivity index (χ1) is 13.1. The van der Waals surface area contributed by atoms with Crippen LogP contribution in [-0.4, -0.2) is 54.1 Å². The lowest BCUT2D eigenvalue weighted by atomic mass is 9.89. The molecule has 2 fully saturated rings. The maximum absolute atomic E-state index is 12.7. The zero-order valence-corrected chi connectivity index (χ0v) is 15.3. The van der Waals surface area contributed by atoms with Gasteiger partial charge in [-0.15, -0.1) is 0 Å². The number of alkyl halides is 3. The molecule has 1 atom stereocenters. The van der Waals surface area contributed by atoms with Crippen LogP contribution < -0.4 is 5.32 Å². The van der Waals surface area contributed by atoms with Crippen molar-refractivity contribution in [3.63, 3.8) is 0 Å². The molecule has 1 unspecified atom stereocenters. The lowest BCUT2D eigenvalue weighted by molar-refractivity contribution is -0.138. The highest BCUT2D eigenvalue weighted by atomic mass is 19.4. The third kappa shape index (κ3) is 4.63. The highest BCUT2D eigenvalue weighted by molar-refractivity contribution is 5.96. The van der Waals surface area contributed by atoms with E-state index in [2.05, 4.69) is 5.32 Å². The van der Waals surface area contributed by atoms with E-state index in [9.17, 15) is 27.6 Å². The molecule has 1 aromatic rings. The first-order valence-corrected chi connectivity index (χ1v) is 8.98. The van der Waals surface area contributed by atoms with E-state index in [1.807, 2.05) is 0 Å². The average Bonchev–Trinajstić information content (AvgIpc) is 3.03. The average molecular weight is 398 g/mol. The zero-order valence-electron chi connectivity index (χ0n) is 15.3. The number of rotatable bonds is 5. The number of aryl methyl sites for hydroxylation is 1. The molecule has 2 heterocycles. The minimum absolute atomic E-state index is 0.0388. The van der Waals surface area contributed by atoms with Gasteiger partial charge < -0.3 is 15.0 Å². The van der Waals surface area contributed by atoms with E-state index in [0.717, 1.165) is 0 Å². The molecule has 0 radical (unpaired) electrons. The summed E-state index contributed by atoms with van der Waals surface area (Å²) in [6, 6.07) is 6.26. The number of cyclic esters (lactones) is 1. The summed E-state index contributed by atoms with van der Waals surface area (Å²) in [6.45, 7) is 2.32. The van der Waals surface area contributed by atoms with Crippen LogP contribution in [0, 0.1) is 5.92 Å². The number of nitrogens with zero attached hydrogens (tertiary/aromatic N) is 1. The van der Waals surface area contributed by atoms with Gasteiger partial charge in [-0.05, 0) is 25.0 Å². The molecule has 1 aromatic carbocycles. The predicted molar refractivity (Wildman–Crippen MR) is 92.3 cm³/mol. The Balaban J connectivity index is 1.59. The standard InChI is InChI=1S/C19H21F3N2O4/c1-18(23-16(26)13-8-15(25)28-9-13)10-24(11-18)17(27)14-5-3-2-4-12(14)6-7-19(20,21)22/h2-5,13H,6-11H2,1H3,(H,23,26). The van der Waals surface area contributed by atoms with E-state index in [1.165, 1.54) is 17.0 Å². The van der Waals surface area contributed by atoms with Crippen molar-refractivity contribution in [2.24, 2.45) is 5.92 Å². The molecule has 0 aliphatic carbocycles. The quantitative estimate of drug-likeness (QED) is 0.771. The number of amides is 2. The molecule has 2 amide bonds. The normalized spacial score (nSPS) is 21.1. The van der Waals surface area contributed by atoms with E-state index in [0.29, 0.717) is 5.56 Å². The molecule has 2 aliphatic heterocycles. The van der Waals surface area contributed by atoms with Crippen molar-refractivity contribution in [3.05, 3.63) is 35.4 Å². The van der Waals surface area contributed by atoms with Gasteiger partial charge in [0.25, 0.3) is 5.91 Å². The van der Waals surface area contributed by atoms with Crippen LogP contribution in [0.1, 0.15) is 35.7 Å². The minimum atomic E-state index is -4.29. The summed E-state index contributed by atoms with van der Waals surface area (Å²) in [5, 5.41) is 2.84. The van der Waals surface area contributed by atoms with Crippen LogP contribution in [0.4, 0.5) is 13.2 Å². The van der Waals surface area contributed by atoms with Gasteiger partial charge in [-0.25, -0.2) is 0 Å². The molecule has 9 heteroatoms. The van der Waals surface area contributed by atoms with Crippen LogP contribution in [0.25, 0.3) is 0 Å². The van der Waals surface area contributed by atoms with Crippen LogP contribution in [0.15, 0.2) is 24.3 Å². The fraction of sp³-hybridized carbons (Fsp3) is 0.526. The van der Waals surface area contributed by atoms with Gasteiger partial charge in [0.05, 0.1) is 17.9 Å². The molecule has 152 valence electrons. The van der Waals surface area contributed by atoms with Crippen molar-refractivity contribution < 1.29 is 32.3 Å². The number of carbonyl (C=O) groups excluding carboxylic acids is 3. The number of carbonyl (C=O) groups is 3. The highest BCUT2D eigenvalue weighted by Gasteiger charge is 2.44. The highest BCUT2D eigenvalue weighted by Crippen LogP contribution is 2.27. The van der Waals surface area contributed by atoms with Crippen molar-refractivity contribution >= 4 is 17.8 Å². The summed E-state index contributed by atoms with van der Waals surface area (Å²) in [7, 11) is 0. The number of hydrogen-bond donors (Lipinski definition) is 1. The van der Waals surface area contributed by atoms with Crippen molar-refractivity contribution in [2.45, 2.75) is 37.9 Å². The Morgan fingerprint density at radius 3 is 2.57 bits per heavy atom. The van der Waals surface area contributed by atoms with E-state index < -0.39 is 30.0 Å². The fourth-order valence-electron chi connectivity index (χ4n) is 3.49. The van der Waals surface area contributed by atoms with Crippen molar-refractivity contribution in [2.75, 3.05) is 19.7 Å². The summed E-state index contributed by atoms with van der Waals surface area (Å²) in [4.78, 5) is 37.6. The molecule has 0 bridgehead atoms. The summed E-state index contributed by atoms with van der Waals surface area (Å²) >= 11 is 0. The van der Waals surface area contributed by atoms with Crippen molar-refractivity contribution in [3.8, 4) is 0 Å². The first kappa shape index (κ1) is 20.2. The van der Waals surface area contributed by atoms with E-state index >= 15 is 0 Å². The molecular weight excluding hydrogens is 377 g/mol. The lowest BCUT2D eigenvalue weighted by Gasteiger charge is -2.48. The second kappa shape index (κ2) is 7.44. The molecule has 2 saturated heterocycles. The SMILES string of the molecule is CC1(NC(=O)C2COC(=O)C2)CN(C(=O)c2ccccc2CCC(F)(F)F)C1. The van der Waals surface area contributed by atoms with Crippen LogP contribution in [0.3, 0.4) is 0 Å². The van der Waals surface area contributed by atoms with Gasteiger partial charge in [-0.1, -0.05) is 18.2 Å². The van der Waals surface area contributed by atoms with E-state index in [-0.39, 0.29) is 49.9 Å². The van der Waals surface area contributed by atoms with Crippen LogP contribution in [0.2, 0.25) is 0 Å². The minimum Gasteiger partial charge on any atom is -0.465 e. The number of halogens is 3. The summed E-state index contributed by atoms with van der Waals surface area (Å²) in [5.41, 5.74) is -0.0433. The van der Waals surface area contributed by atoms with E-state index in [4.69, 9.17) is 4.74 Å². The van der Waals surface area contributed by atoms with E-state index in [1.54, 1.807) is 19.1 Å². The Kier molecular flexibility index (Phi) is 5.36. The number of esters is 1. The third-order valence-electron chi connectivity index (χ3n) is 4.95. The Morgan fingerprint density at radius 2 is 1.96 bits per heavy atom. The summed E-state index contributed by atoms with van der Waals surface area (Å²) in [6.07, 6.45) is -5.51. The molecule has 0 aromatic heterocycles. The monoisotopic (exact) mass is 398 g/mol. The van der Waals surface area contributed by atoms with Gasteiger partial charge >= 0.3 is 12.1 Å². The maximum Gasteiger partial charge on any atom is 0.389 e. The van der Waals surface area contributed by atoms with Crippen LogP contribution in [0.5, 0.6) is 0 Å². The van der Waals surface area contributed by atoms with Crippen molar-refractivity contribution in [1.82, 2.24) is 10.2 Å². The summed E-state index contributed by atoms with van der Waals surface area (Å²) in [5.74, 6) is -1.60. The fourth-order valence-corrected chi connectivity index (χ4v) is 3.49. The number of likely N-dealkylation sites (tertiary alicyclic amines) is 1. The Morgan fingerprint density at radius 1 is 1.29 bits per heavy atom. The van der Waals surface area contributed by atoms with Crippen LogP contribution in [-0.2, 0) is 20.7 Å². The molecule has 2 aliphatic rings. The molecule has 1 N–H and O–H groups in total. The van der Waals surface area contributed by atoms with Gasteiger partial charge in [0, 0.05) is 25.1 Å². The number of hydrogen-bond acceptors (Lipinski definition) is 4. The van der Waals surface area contributed by atoms with Gasteiger partial charge in [0.1, 0.15) is 6.61 Å².